The molecule has 1 amide bonds. The van der Waals surface area contributed by atoms with E-state index < -0.39 is 11.7 Å². The molecule has 0 heterocycles. The van der Waals surface area contributed by atoms with Gasteiger partial charge < -0.3 is 58.0 Å². The molecule has 0 spiro atoms. The molecule has 2 N–H and O–H groups in total. The molecule has 0 bridgehead atoms. The summed E-state index contributed by atoms with van der Waals surface area (Å²) in [7, 11) is 1.89. The Morgan fingerprint density at radius 2 is 0.718 bits per heavy atom. The van der Waals surface area contributed by atoms with Crippen molar-refractivity contribution in [1.82, 2.24) is 10.6 Å². The van der Waals surface area contributed by atoms with Crippen molar-refractivity contribution in [1.29, 1.82) is 0 Å². The first-order chi connectivity index (χ1) is 19.0. The van der Waals surface area contributed by atoms with Gasteiger partial charge in [0.25, 0.3) is 0 Å². The van der Waals surface area contributed by atoms with E-state index in [4.69, 9.17) is 47.4 Å². The molecule has 0 aliphatic rings. The maximum Gasteiger partial charge on any atom is 0.407 e. The summed E-state index contributed by atoms with van der Waals surface area (Å²) in [6, 6.07) is 0. The van der Waals surface area contributed by atoms with Gasteiger partial charge in [-0.25, -0.2) is 4.79 Å². The molecule has 234 valence electrons. The highest BCUT2D eigenvalue weighted by Gasteiger charge is 2.15. The first-order valence-corrected chi connectivity index (χ1v) is 13.8. The van der Waals surface area contributed by atoms with E-state index in [9.17, 15) is 4.79 Å². The van der Waals surface area contributed by atoms with Gasteiger partial charge in [-0.2, -0.15) is 0 Å². The minimum atomic E-state index is -0.506. The minimum absolute atomic E-state index is 0.387. The van der Waals surface area contributed by atoms with Crippen molar-refractivity contribution in [2.45, 2.75) is 26.4 Å². The molecule has 0 rings (SSSR count). The van der Waals surface area contributed by atoms with Crippen molar-refractivity contribution in [3.63, 3.8) is 0 Å². The summed E-state index contributed by atoms with van der Waals surface area (Å²) >= 11 is 0. The van der Waals surface area contributed by atoms with Crippen molar-refractivity contribution in [2.75, 3.05) is 139 Å². The molecule has 13 heteroatoms. The molecule has 0 aromatic carbocycles. The second-order valence-electron chi connectivity index (χ2n) is 9.04. The highest BCUT2D eigenvalue weighted by molar-refractivity contribution is 5.67. The third-order valence-corrected chi connectivity index (χ3v) is 4.39. The topological polar surface area (TPSA) is 133 Å². The fourth-order valence-corrected chi connectivity index (χ4v) is 2.58. The second-order valence-corrected chi connectivity index (χ2v) is 9.04. The van der Waals surface area contributed by atoms with Gasteiger partial charge in [-0.1, -0.05) is 0 Å². The van der Waals surface area contributed by atoms with E-state index in [1.165, 1.54) is 0 Å². The zero-order valence-corrected chi connectivity index (χ0v) is 24.6. The van der Waals surface area contributed by atoms with Gasteiger partial charge in [0.15, 0.2) is 0 Å². The molecule has 0 aliphatic heterocycles. The molecule has 0 unspecified atom stereocenters. The predicted molar refractivity (Wildman–Crippen MR) is 146 cm³/mol. The number of rotatable bonds is 30. The molecule has 13 nitrogen and oxygen atoms in total. The Bertz CT molecular complexity index is 511. The van der Waals surface area contributed by atoms with E-state index in [0.29, 0.717) is 125 Å². The summed E-state index contributed by atoms with van der Waals surface area (Å²) in [5.41, 5.74) is -0.506. The lowest BCUT2D eigenvalue weighted by molar-refractivity contribution is -0.0249. The summed E-state index contributed by atoms with van der Waals surface area (Å²) in [5, 5.41) is 5.64. The number of nitrogens with one attached hydrogen (secondary N) is 2. The maximum atomic E-state index is 11.5. The van der Waals surface area contributed by atoms with Crippen LogP contribution in [0.2, 0.25) is 0 Å². The Morgan fingerprint density at radius 1 is 0.462 bits per heavy atom. The van der Waals surface area contributed by atoms with Crippen LogP contribution in [0.1, 0.15) is 20.8 Å². The number of amides is 1. The molecule has 0 aromatic rings. The summed E-state index contributed by atoms with van der Waals surface area (Å²) in [4.78, 5) is 11.5. The number of alkyl carbamates (subject to hydrolysis) is 1. The second kappa shape index (κ2) is 29.8. The molecular formula is C26H54N2O11. The Balaban J connectivity index is 3.09. The molecule has 0 fully saturated rings. The van der Waals surface area contributed by atoms with E-state index in [1.807, 2.05) is 27.8 Å². The third-order valence-electron chi connectivity index (χ3n) is 4.39. The zero-order valence-electron chi connectivity index (χ0n) is 24.6. The SMILES string of the molecule is CNCCOCCOCCOCCOCCOCCOCCOCCOCCOCCNC(=O)OC(C)(C)C. The largest absolute Gasteiger partial charge is 0.444 e. The van der Waals surface area contributed by atoms with Gasteiger partial charge in [0.2, 0.25) is 0 Å². The van der Waals surface area contributed by atoms with Crippen LogP contribution in [0.5, 0.6) is 0 Å². The van der Waals surface area contributed by atoms with Gasteiger partial charge in [-0.05, 0) is 27.8 Å². The van der Waals surface area contributed by atoms with Crippen LogP contribution in [0.15, 0.2) is 0 Å². The molecule has 0 saturated carbocycles. The van der Waals surface area contributed by atoms with Gasteiger partial charge in [-0.15, -0.1) is 0 Å². The summed E-state index contributed by atoms with van der Waals surface area (Å²) in [6.45, 7) is 16.0. The van der Waals surface area contributed by atoms with Crippen LogP contribution in [-0.4, -0.2) is 151 Å². The smallest absolute Gasteiger partial charge is 0.407 e. The summed E-state index contributed by atoms with van der Waals surface area (Å²) in [6.07, 6.45) is -0.449. The van der Waals surface area contributed by atoms with Crippen molar-refractivity contribution in [2.24, 2.45) is 0 Å². The average Bonchev–Trinajstić information content (AvgIpc) is 2.88. The van der Waals surface area contributed by atoms with Crippen molar-refractivity contribution in [3.8, 4) is 0 Å². The normalized spacial score (nSPS) is 11.7. The van der Waals surface area contributed by atoms with E-state index in [-0.39, 0.29) is 0 Å². The van der Waals surface area contributed by atoms with Crippen LogP contribution in [0.4, 0.5) is 4.79 Å². The number of hydrogen-bond donors (Lipinski definition) is 2. The van der Waals surface area contributed by atoms with E-state index in [1.54, 1.807) is 0 Å². The lowest BCUT2D eigenvalue weighted by atomic mass is 10.2. The summed E-state index contributed by atoms with van der Waals surface area (Å²) < 4.78 is 53.9. The van der Waals surface area contributed by atoms with Crippen LogP contribution in [-0.2, 0) is 47.4 Å². The van der Waals surface area contributed by atoms with Crippen LogP contribution in [0.3, 0.4) is 0 Å². The Hall–Kier alpha value is -1.13. The van der Waals surface area contributed by atoms with Crippen molar-refractivity contribution in [3.05, 3.63) is 0 Å². The van der Waals surface area contributed by atoms with Crippen LogP contribution < -0.4 is 10.6 Å². The molecule has 0 radical (unpaired) electrons. The Labute approximate surface area is 234 Å². The fraction of sp³-hybridized carbons (Fsp3) is 0.962. The van der Waals surface area contributed by atoms with E-state index >= 15 is 0 Å². The minimum Gasteiger partial charge on any atom is -0.444 e. The highest BCUT2D eigenvalue weighted by atomic mass is 16.6. The van der Waals surface area contributed by atoms with Crippen LogP contribution in [0, 0.1) is 0 Å². The average molecular weight is 571 g/mol. The van der Waals surface area contributed by atoms with Crippen LogP contribution >= 0.6 is 0 Å². The number of ether oxygens (including phenoxy) is 10. The van der Waals surface area contributed by atoms with Gasteiger partial charge in [-0.3, -0.25) is 0 Å². The van der Waals surface area contributed by atoms with Gasteiger partial charge in [0.05, 0.1) is 119 Å². The number of likely N-dealkylation sites (N-methyl/N-ethyl adjacent to an activating group) is 1. The molecule has 0 saturated heterocycles. The predicted octanol–water partition coefficient (Wildman–Crippen LogP) is 0.880. The molecular weight excluding hydrogens is 516 g/mol. The first kappa shape index (κ1) is 37.9. The third kappa shape index (κ3) is 34.8. The number of hydrogen-bond acceptors (Lipinski definition) is 12. The lowest BCUT2D eigenvalue weighted by Gasteiger charge is -2.19. The molecule has 0 aliphatic carbocycles. The first-order valence-electron chi connectivity index (χ1n) is 13.8. The molecule has 0 atom stereocenters. The van der Waals surface area contributed by atoms with Crippen molar-refractivity contribution < 1.29 is 52.2 Å². The zero-order chi connectivity index (χ0) is 28.7. The summed E-state index contributed by atoms with van der Waals surface area (Å²) in [5.74, 6) is 0. The van der Waals surface area contributed by atoms with Gasteiger partial charge >= 0.3 is 6.09 Å². The van der Waals surface area contributed by atoms with Gasteiger partial charge in [0, 0.05) is 13.1 Å². The quantitative estimate of drug-likeness (QED) is 0.119. The molecule has 39 heavy (non-hydrogen) atoms. The van der Waals surface area contributed by atoms with E-state index in [0.717, 1.165) is 6.54 Å². The fourth-order valence-electron chi connectivity index (χ4n) is 2.58. The monoisotopic (exact) mass is 570 g/mol. The Kier molecular flexibility index (Phi) is 29.0. The Morgan fingerprint density at radius 3 is 0.974 bits per heavy atom. The van der Waals surface area contributed by atoms with Crippen LogP contribution in [0.25, 0.3) is 0 Å². The van der Waals surface area contributed by atoms with E-state index in [2.05, 4.69) is 10.6 Å². The number of carbonyl (C=O) groups excluding carboxylic acids is 1. The highest BCUT2D eigenvalue weighted by Crippen LogP contribution is 2.06. The lowest BCUT2D eigenvalue weighted by Crippen LogP contribution is -2.34. The maximum absolute atomic E-state index is 11.5. The standard InChI is InChI=1S/C26H54N2O11/c1-26(2,3)39-25(29)28-6-8-31-10-12-33-14-16-35-18-20-37-22-24-38-23-21-36-19-17-34-15-13-32-11-9-30-7-5-27-4/h27H,5-24H2,1-4H3,(H,28,29). The van der Waals surface area contributed by atoms with Crippen molar-refractivity contribution >= 4 is 6.09 Å². The van der Waals surface area contributed by atoms with Gasteiger partial charge in [0.1, 0.15) is 5.60 Å². The molecule has 0 aromatic heterocycles. The number of carbonyl (C=O) groups is 1.